The highest BCUT2D eigenvalue weighted by Gasteiger charge is 2.23. The van der Waals surface area contributed by atoms with Crippen LogP contribution in [0.25, 0.3) is 10.2 Å². The number of thiazole rings is 1. The molecule has 0 saturated heterocycles. The van der Waals surface area contributed by atoms with Crippen LogP contribution in [0.15, 0.2) is 36.4 Å². The molecule has 0 radical (unpaired) electrons. The van der Waals surface area contributed by atoms with E-state index < -0.39 is 10.1 Å². The van der Waals surface area contributed by atoms with Crippen molar-refractivity contribution in [2.24, 2.45) is 0 Å². The van der Waals surface area contributed by atoms with Crippen LogP contribution in [0.2, 0.25) is 4.47 Å². The van der Waals surface area contributed by atoms with Crippen LogP contribution in [0.1, 0.15) is 35.4 Å². The minimum absolute atomic E-state index is 0.591. The summed E-state index contributed by atoms with van der Waals surface area (Å²) in [4.78, 5) is 6.85. The Labute approximate surface area is 198 Å². The van der Waals surface area contributed by atoms with Gasteiger partial charge in [-0.3, -0.25) is 4.55 Å². The topological polar surface area (TPSA) is 79.7 Å². The third kappa shape index (κ3) is 7.15. The summed E-state index contributed by atoms with van der Waals surface area (Å²) in [5.74, 6) is 1.64. The Bertz CT molecular complexity index is 1160. The number of rotatable bonds is 6. The molecule has 0 spiro atoms. The Morgan fingerprint density at radius 1 is 1.31 bits per heavy atom. The lowest BCUT2D eigenvalue weighted by Gasteiger charge is -2.30. The molecule has 32 heavy (non-hydrogen) atoms. The number of nitrogens with zero attached hydrogens (tertiary/aromatic N) is 2. The predicted molar refractivity (Wildman–Crippen MR) is 132 cm³/mol. The fraction of sp³-hybridized carbons (Fsp3) is 0.435. The molecule has 9 heteroatoms. The van der Waals surface area contributed by atoms with Gasteiger partial charge in [0.1, 0.15) is 5.75 Å². The fourth-order valence-corrected chi connectivity index (χ4v) is 5.19. The maximum atomic E-state index is 9.19. The van der Waals surface area contributed by atoms with Crippen molar-refractivity contribution in [2.75, 3.05) is 33.5 Å². The molecule has 0 fully saturated rings. The van der Waals surface area contributed by atoms with Crippen LogP contribution in [0.5, 0.6) is 5.75 Å². The molecule has 1 heterocycles. The van der Waals surface area contributed by atoms with E-state index in [9.17, 15) is 8.42 Å². The van der Waals surface area contributed by atoms with E-state index in [2.05, 4.69) is 53.3 Å². The Morgan fingerprint density at radius 3 is 2.78 bits per heavy atom. The number of hydrogen-bond donors (Lipinski definition) is 1. The van der Waals surface area contributed by atoms with E-state index in [1.54, 1.807) is 7.11 Å². The lowest BCUT2D eigenvalue weighted by Crippen LogP contribution is -2.28. The van der Waals surface area contributed by atoms with Gasteiger partial charge in [0.05, 0.1) is 23.6 Å². The highest BCUT2D eigenvalue weighted by Crippen LogP contribution is 2.37. The Morgan fingerprint density at radius 2 is 2.06 bits per heavy atom. The molecule has 3 aromatic rings. The second-order valence-corrected chi connectivity index (χ2v) is 11.2. The number of aromatic nitrogens is 1. The summed E-state index contributed by atoms with van der Waals surface area (Å²) < 4.78 is 33.2. The molecule has 6 nitrogen and oxygen atoms in total. The summed E-state index contributed by atoms with van der Waals surface area (Å²) in [6, 6.07) is 13.0. The third-order valence-electron chi connectivity index (χ3n) is 5.55. The van der Waals surface area contributed by atoms with Crippen LogP contribution >= 0.6 is 22.9 Å². The molecular weight excluding hydrogens is 468 g/mol. The second kappa shape index (κ2) is 10.9. The predicted octanol–water partition coefficient (Wildman–Crippen LogP) is 5.06. The average molecular weight is 497 g/mol. The van der Waals surface area contributed by atoms with Crippen LogP contribution < -0.4 is 4.74 Å². The smallest absolute Gasteiger partial charge is 0.261 e. The van der Waals surface area contributed by atoms with E-state index >= 15 is 0 Å². The molecule has 0 unspecified atom stereocenters. The number of hydrogen-bond acceptors (Lipinski definition) is 6. The zero-order valence-electron chi connectivity index (χ0n) is 18.5. The normalized spacial score (nSPS) is 15.9. The van der Waals surface area contributed by atoms with Crippen LogP contribution in [-0.2, 0) is 23.0 Å². The van der Waals surface area contributed by atoms with Gasteiger partial charge in [-0.25, -0.2) is 4.98 Å². The molecule has 1 N–H and O–H groups in total. The molecule has 1 atom stereocenters. The van der Waals surface area contributed by atoms with Gasteiger partial charge in [0.25, 0.3) is 10.1 Å². The number of methoxy groups -OCH3 is 1. The summed E-state index contributed by atoms with van der Waals surface area (Å²) in [5, 5.41) is 0. The van der Waals surface area contributed by atoms with Crippen molar-refractivity contribution in [1.82, 2.24) is 9.88 Å². The standard InChI is InChI=1S/C22H25ClN2OS.CH4O3S/c1-25(12-11-15-9-10-21-19(13-15)24-22(23)27-21)14-16-5-3-7-18-17(16)6-4-8-20(18)26-2;1-5(2,3)4/h4,6,8-10,13,16H,3,5,7,11-12,14H2,1-2H3;1H3,(H,2,3,4)/t16-;/m0./s1. The molecule has 1 aromatic heterocycles. The van der Waals surface area contributed by atoms with Crippen molar-refractivity contribution in [2.45, 2.75) is 31.6 Å². The maximum Gasteiger partial charge on any atom is 0.261 e. The van der Waals surface area contributed by atoms with Crippen LogP contribution in [0, 0.1) is 0 Å². The molecule has 174 valence electrons. The molecule has 0 amide bonds. The van der Waals surface area contributed by atoms with Crippen LogP contribution in [0.4, 0.5) is 0 Å². The van der Waals surface area contributed by atoms with E-state index in [-0.39, 0.29) is 0 Å². The van der Waals surface area contributed by atoms with Gasteiger partial charge in [0, 0.05) is 13.1 Å². The average Bonchev–Trinajstić information content (AvgIpc) is 3.10. The van der Waals surface area contributed by atoms with Crippen LogP contribution in [-0.4, -0.2) is 56.4 Å². The SMILES string of the molecule is COc1cccc2c1CCC[C@H]2CN(C)CCc1ccc2sc(Cl)nc2c1.CS(=O)(=O)O. The number of halogens is 1. The van der Waals surface area contributed by atoms with Gasteiger partial charge >= 0.3 is 0 Å². The maximum absolute atomic E-state index is 9.19. The number of likely N-dealkylation sites (N-methyl/N-ethyl adjacent to an activating group) is 1. The van der Waals surface area contributed by atoms with Gasteiger partial charge in [0.2, 0.25) is 0 Å². The fourth-order valence-electron chi connectivity index (χ4n) is 4.18. The molecule has 4 rings (SSSR count). The van der Waals surface area contributed by atoms with Crippen molar-refractivity contribution in [3.05, 3.63) is 57.6 Å². The first-order valence-electron chi connectivity index (χ1n) is 10.5. The minimum atomic E-state index is -3.67. The van der Waals surface area contributed by atoms with Gasteiger partial charge in [-0.15, -0.1) is 11.3 Å². The lowest BCUT2D eigenvalue weighted by molar-refractivity contribution is 0.299. The van der Waals surface area contributed by atoms with Crippen LogP contribution in [0.3, 0.4) is 0 Å². The summed E-state index contributed by atoms with van der Waals surface area (Å²) >= 11 is 7.56. The molecule has 0 aliphatic heterocycles. The molecule has 2 aromatic carbocycles. The summed E-state index contributed by atoms with van der Waals surface area (Å²) in [5.41, 5.74) is 5.22. The second-order valence-electron chi connectivity index (χ2n) is 8.13. The zero-order chi connectivity index (χ0) is 23.3. The minimum Gasteiger partial charge on any atom is -0.496 e. The summed E-state index contributed by atoms with van der Waals surface area (Å²) in [7, 11) is 0.338. The quantitative estimate of drug-likeness (QED) is 0.480. The van der Waals surface area contributed by atoms with E-state index in [0.717, 1.165) is 41.9 Å². The monoisotopic (exact) mass is 496 g/mol. The van der Waals surface area contributed by atoms with Gasteiger partial charge in [-0.05, 0) is 73.5 Å². The molecule has 1 aliphatic carbocycles. The Hall–Kier alpha value is -1.71. The van der Waals surface area contributed by atoms with Gasteiger partial charge in [-0.1, -0.05) is 29.8 Å². The Balaban J connectivity index is 0.000000523. The first-order chi connectivity index (χ1) is 15.1. The highest BCUT2D eigenvalue weighted by molar-refractivity contribution is 7.85. The highest BCUT2D eigenvalue weighted by atomic mass is 35.5. The van der Waals surface area contributed by atoms with Gasteiger partial charge < -0.3 is 9.64 Å². The molecular formula is C23H29ClN2O4S2. The van der Waals surface area contributed by atoms with Gasteiger partial charge in [-0.2, -0.15) is 8.42 Å². The lowest BCUT2D eigenvalue weighted by atomic mass is 9.82. The molecule has 0 saturated carbocycles. The van der Waals surface area contributed by atoms with E-state index in [1.807, 2.05) is 0 Å². The van der Waals surface area contributed by atoms with Gasteiger partial charge in [0.15, 0.2) is 4.47 Å². The van der Waals surface area contributed by atoms with Crippen molar-refractivity contribution in [3.63, 3.8) is 0 Å². The van der Waals surface area contributed by atoms with Crippen molar-refractivity contribution < 1.29 is 17.7 Å². The number of fused-ring (bicyclic) bond motifs is 2. The largest absolute Gasteiger partial charge is 0.496 e. The van der Waals surface area contributed by atoms with E-state index in [0.29, 0.717) is 16.6 Å². The third-order valence-corrected chi connectivity index (χ3v) is 6.69. The molecule has 0 bridgehead atoms. The first-order valence-corrected chi connectivity index (χ1v) is 13.5. The molecule has 1 aliphatic rings. The summed E-state index contributed by atoms with van der Waals surface area (Å²) in [6.07, 6.45) is 5.38. The van der Waals surface area contributed by atoms with Crippen molar-refractivity contribution >= 4 is 43.3 Å². The first kappa shape index (κ1) is 24.9. The number of ether oxygens (including phenoxy) is 1. The zero-order valence-corrected chi connectivity index (χ0v) is 20.9. The van der Waals surface area contributed by atoms with Crippen molar-refractivity contribution in [1.29, 1.82) is 0 Å². The van der Waals surface area contributed by atoms with Crippen molar-refractivity contribution in [3.8, 4) is 5.75 Å². The van der Waals surface area contributed by atoms with E-state index in [4.69, 9.17) is 20.9 Å². The number of benzene rings is 2. The van der Waals surface area contributed by atoms with E-state index in [1.165, 1.54) is 40.9 Å². The summed E-state index contributed by atoms with van der Waals surface area (Å²) in [6.45, 7) is 2.13. The Kier molecular flexibility index (Phi) is 8.52.